The average molecular weight is 412 g/mol. The predicted molar refractivity (Wildman–Crippen MR) is 116 cm³/mol. The fourth-order valence-corrected chi connectivity index (χ4v) is 4.90. The number of hydrogen-bond acceptors (Lipinski definition) is 5. The standard InChI is InChI=1S/C22H25N3O3S/c1-2-13-28-17-9-5-4-8-16(17)24-19(26)11-12-25-14-23-21-20(22(25)27)15-7-3-6-10-18(15)29-21/h4-5,8-9,14H,2-3,6-7,10-13H2,1H3,(H,24,26). The van der Waals surface area contributed by atoms with Gasteiger partial charge in [-0.05, 0) is 49.8 Å². The van der Waals surface area contributed by atoms with E-state index in [1.54, 1.807) is 22.2 Å². The van der Waals surface area contributed by atoms with E-state index < -0.39 is 0 Å². The molecule has 6 nitrogen and oxygen atoms in total. The van der Waals surface area contributed by atoms with Crippen LogP contribution in [0.4, 0.5) is 5.69 Å². The average Bonchev–Trinajstić information content (AvgIpc) is 3.12. The summed E-state index contributed by atoms with van der Waals surface area (Å²) in [6.45, 7) is 2.93. The van der Waals surface area contributed by atoms with Crippen molar-refractivity contribution in [2.45, 2.75) is 52.0 Å². The third-order valence-corrected chi connectivity index (χ3v) is 6.34. The molecule has 2 heterocycles. The molecule has 0 fully saturated rings. The molecule has 0 saturated carbocycles. The molecule has 4 rings (SSSR count). The fraction of sp³-hybridized carbons (Fsp3) is 0.409. The summed E-state index contributed by atoms with van der Waals surface area (Å²) in [5.74, 6) is 0.504. The number of benzene rings is 1. The molecule has 0 unspecified atom stereocenters. The van der Waals surface area contributed by atoms with Crippen LogP contribution < -0.4 is 15.6 Å². The SMILES string of the molecule is CCCOc1ccccc1NC(=O)CCn1cnc2sc3c(c2c1=O)CCCC3. The van der Waals surface area contributed by atoms with Crippen LogP contribution in [0.1, 0.15) is 43.0 Å². The number of amides is 1. The number of aromatic nitrogens is 2. The largest absolute Gasteiger partial charge is 0.491 e. The molecule has 0 radical (unpaired) electrons. The quantitative estimate of drug-likeness (QED) is 0.634. The number of thiophene rings is 1. The fourth-order valence-electron chi connectivity index (χ4n) is 3.68. The van der Waals surface area contributed by atoms with Crippen LogP contribution >= 0.6 is 11.3 Å². The van der Waals surface area contributed by atoms with Gasteiger partial charge in [0.15, 0.2) is 0 Å². The van der Waals surface area contributed by atoms with Gasteiger partial charge in [0.05, 0.1) is 24.0 Å². The molecule has 29 heavy (non-hydrogen) atoms. The minimum Gasteiger partial charge on any atom is -0.491 e. The van der Waals surface area contributed by atoms with Gasteiger partial charge in [-0.3, -0.25) is 14.2 Å². The molecule has 1 aromatic carbocycles. The van der Waals surface area contributed by atoms with Crippen LogP contribution in [0.25, 0.3) is 10.2 Å². The molecule has 0 aliphatic heterocycles. The van der Waals surface area contributed by atoms with E-state index in [0.717, 1.165) is 35.9 Å². The zero-order valence-electron chi connectivity index (χ0n) is 16.6. The lowest BCUT2D eigenvalue weighted by Crippen LogP contribution is -2.24. The Labute approximate surface area is 173 Å². The molecular formula is C22H25N3O3S. The summed E-state index contributed by atoms with van der Waals surface area (Å²) in [4.78, 5) is 32.1. The van der Waals surface area contributed by atoms with Crippen molar-refractivity contribution in [1.29, 1.82) is 0 Å². The minimum atomic E-state index is -0.156. The lowest BCUT2D eigenvalue weighted by molar-refractivity contribution is -0.116. The number of nitrogens with zero attached hydrogens (tertiary/aromatic N) is 2. The second-order valence-electron chi connectivity index (χ2n) is 7.28. The Bertz CT molecular complexity index is 1090. The highest BCUT2D eigenvalue weighted by Crippen LogP contribution is 2.33. The number of hydrogen-bond donors (Lipinski definition) is 1. The zero-order valence-corrected chi connectivity index (χ0v) is 17.4. The van der Waals surface area contributed by atoms with Crippen molar-refractivity contribution in [1.82, 2.24) is 9.55 Å². The third-order valence-electron chi connectivity index (χ3n) is 5.14. The van der Waals surface area contributed by atoms with Gasteiger partial charge in [-0.25, -0.2) is 4.98 Å². The molecule has 0 atom stereocenters. The smallest absolute Gasteiger partial charge is 0.262 e. The lowest BCUT2D eigenvalue weighted by atomic mass is 9.97. The number of rotatable bonds is 7. The molecule has 1 aliphatic rings. The molecule has 3 aromatic rings. The third kappa shape index (κ3) is 4.19. The molecule has 7 heteroatoms. The van der Waals surface area contributed by atoms with Crippen molar-refractivity contribution in [2.24, 2.45) is 0 Å². The van der Waals surface area contributed by atoms with Gasteiger partial charge in [-0.15, -0.1) is 11.3 Å². The Morgan fingerprint density at radius 3 is 2.97 bits per heavy atom. The van der Waals surface area contributed by atoms with Crippen molar-refractivity contribution in [2.75, 3.05) is 11.9 Å². The van der Waals surface area contributed by atoms with E-state index in [9.17, 15) is 9.59 Å². The Kier molecular flexibility index (Phi) is 5.94. The minimum absolute atomic E-state index is 0.0334. The maximum Gasteiger partial charge on any atom is 0.262 e. The Morgan fingerprint density at radius 2 is 2.10 bits per heavy atom. The summed E-state index contributed by atoms with van der Waals surface area (Å²) >= 11 is 1.64. The van der Waals surface area contributed by atoms with E-state index in [4.69, 9.17) is 4.74 Å². The van der Waals surface area contributed by atoms with Gasteiger partial charge < -0.3 is 10.1 Å². The van der Waals surface area contributed by atoms with Gasteiger partial charge in [0.2, 0.25) is 5.91 Å². The van der Waals surface area contributed by atoms with Crippen molar-refractivity contribution in [3.63, 3.8) is 0 Å². The summed E-state index contributed by atoms with van der Waals surface area (Å²) < 4.78 is 7.24. The maximum atomic E-state index is 13.0. The first kappa shape index (κ1) is 19.6. The number of aryl methyl sites for hydroxylation is 3. The second kappa shape index (κ2) is 8.78. The number of carbonyl (C=O) groups excluding carboxylic acids is 1. The normalized spacial score (nSPS) is 13.3. The number of ether oxygens (including phenoxy) is 1. The predicted octanol–water partition coefficient (Wildman–Crippen LogP) is 4.15. The topological polar surface area (TPSA) is 73.2 Å². The van der Waals surface area contributed by atoms with Gasteiger partial charge >= 0.3 is 0 Å². The monoisotopic (exact) mass is 411 g/mol. The maximum absolute atomic E-state index is 13.0. The first-order chi connectivity index (χ1) is 14.2. The molecule has 152 valence electrons. The van der Waals surface area contributed by atoms with Gasteiger partial charge in [0.25, 0.3) is 5.56 Å². The summed E-state index contributed by atoms with van der Waals surface area (Å²) in [7, 11) is 0. The zero-order chi connectivity index (χ0) is 20.2. The summed E-state index contributed by atoms with van der Waals surface area (Å²) in [6.07, 6.45) is 6.95. The van der Waals surface area contributed by atoms with Crippen LogP contribution in [0, 0.1) is 0 Å². The van der Waals surface area contributed by atoms with Crippen molar-refractivity contribution in [3.8, 4) is 5.75 Å². The number of carbonyl (C=O) groups is 1. The lowest BCUT2D eigenvalue weighted by Gasteiger charge is -2.12. The van der Waals surface area contributed by atoms with Crippen LogP contribution in [0.5, 0.6) is 5.75 Å². The van der Waals surface area contributed by atoms with Crippen LogP contribution in [0.2, 0.25) is 0 Å². The van der Waals surface area contributed by atoms with Crippen molar-refractivity contribution >= 4 is 33.1 Å². The first-order valence-corrected chi connectivity index (χ1v) is 11.0. The Hall–Kier alpha value is -2.67. The highest BCUT2D eigenvalue weighted by molar-refractivity contribution is 7.18. The molecule has 0 bridgehead atoms. The number of anilines is 1. The summed E-state index contributed by atoms with van der Waals surface area (Å²) in [5, 5.41) is 3.65. The highest BCUT2D eigenvalue weighted by atomic mass is 32.1. The van der Waals surface area contributed by atoms with Crippen LogP contribution in [-0.4, -0.2) is 22.1 Å². The molecule has 0 spiro atoms. The van der Waals surface area contributed by atoms with E-state index >= 15 is 0 Å². The highest BCUT2D eigenvalue weighted by Gasteiger charge is 2.20. The van der Waals surface area contributed by atoms with E-state index in [-0.39, 0.29) is 17.9 Å². The molecular weight excluding hydrogens is 386 g/mol. The number of para-hydroxylation sites is 2. The number of fused-ring (bicyclic) bond motifs is 3. The molecule has 1 amide bonds. The summed E-state index contributed by atoms with van der Waals surface area (Å²) in [5.41, 5.74) is 1.79. The van der Waals surface area contributed by atoms with Crippen LogP contribution in [-0.2, 0) is 24.2 Å². The van der Waals surface area contributed by atoms with Crippen LogP contribution in [0.3, 0.4) is 0 Å². The van der Waals surface area contributed by atoms with Gasteiger partial charge in [0, 0.05) is 17.8 Å². The molecule has 2 aromatic heterocycles. The van der Waals surface area contributed by atoms with Crippen molar-refractivity contribution in [3.05, 3.63) is 51.4 Å². The number of nitrogens with one attached hydrogen (secondary N) is 1. The Morgan fingerprint density at radius 1 is 1.28 bits per heavy atom. The molecule has 1 aliphatic carbocycles. The summed E-state index contributed by atoms with van der Waals surface area (Å²) in [6, 6.07) is 7.40. The molecule has 0 saturated heterocycles. The Balaban J connectivity index is 1.47. The van der Waals surface area contributed by atoms with E-state index in [1.807, 2.05) is 31.2 Å². The van der Waals surface area contributed by atoms with E-state index in [1.165, 1.54) is 16.9 Å². The van der Waals surface area contributed by atoms with Gasteiger partial charge in [-0.1, -0.05) is 19.1 Å². The van der Waals surface area contributed by atoms with E-state index in [0.29, 0.717) is 24.6 Å². The molecule has 1 N–H and O–H groups in total. The van der Waals surface area contributed by atoms with Crippen molar-refractivity contribution < 1.29 is 9.53 Å². The van der Waals surface area contributed by atoms with Gasteiger partial charge in [0.1, 0.15) is 10.6 Å². The second-order valence-corrected chi connectivity index (χ2v) is 8.36. The first-order valence-electron chi connectivity index (χ1n) is 10.2. The van der Waals surface area contributed by atoms with E-state index in [2.05, 4.69) is 10.3 Å². The van der Waals surface area contributed by atoms with Gasteiger partial charge in [-0.2, -0.15) is 0 Å². The van der Waals surface area contributed by atoms with Crippen LogP contribution in [0.15, 0.2) is 35.4 Å².